The molecule has 5 heteroatoms. The van der Waals surface area contributed by atoms with Crippen molar-refractivity contribution < 1.29 is 25.2 Å². The van der Waals surface area contributed by atoms with Gasteiger partial charge in [-0.05, 0) is 25.7 Å². The largest absolute Gasteiger partial charge is 0.390 e. The van der Waals surface area contributed by atoms with Gasteiger partial charge in [-0.3, -0.25) is 0 Å². The van der Waals surface area contributed by atoms with Gasteiger partial charge in [0.15, 0.2) is 0 Å². The van der Waals surface area contributed by atoms with Crippen molar-refractivity contribution in [1.29, 1.82) is 0 Å². The summed E-state index contributed by atoms with van der Waals surface area (Å²) in [6.07, 6.45) is -2.77. The van der Waals surface area contributed by atoms with Crippen molar-refractivity contribution in [3.63, 3.8) is 0 Å². The second-order valence-electron chi connectivity index (χ2n) is 4.96. The highest BCUT2D eigenvalue weighted by Gasteiger charge is 2.31. The van der Waals surface area contributed by atoms with Crippen LogP contribution in [-0.2, 0) is 4.74 Å². The molecule has 4 N–H and O–H groups in total. The molecule has 116 valence electrons. The van der Waals surface area contributed by atoms with Crippen LogP contribution in [-0.4, -0.2) is 57.0 Å². The molecule has 0 amide bonds. The minimum atomic E-state index is -0.977. The van der Waals surface area contributed by atoms with Gasteiger partial charge in [0.05, 0.1) is 24.4 Å². The van der Waals surface area contributed by atoms with Crippen LogP contribution >= 0.6 is 0 Å². The molecule has 6 atom stereocenters. The van der Waals surface area contributed by atoms with E-state index in [0.717, 1.165) is 0 Å². The summed E-state index contributed by atoms with van der Waals surface area (Å²) in [7, 11) is 0. The molecule has 0 rings (SSSR count). The number of hydrogen-bond acceptors (Lipinski definition) is 5. The Kier molecular flexibility index (Phi) is 9.56. The van der Waals surface area contributed by atoms with Gasteiger partial charge in [0, 0.05) is 0 Å². The Morgan fingerprint density at radius 3 is 1.16 bits per heavy atom. The molecule has 0 saturated heterocycles. The summed E-state index contributed by atoms with van der Waals surface area (Å²) in [5.74, 6) is 0. The number of aliphatic hydroxyl groups is 4. The van der Waals surface area contributed by atoms with E-state index < -0.39 is 36.6 Å². The first kappa shape index (κ1) is 18.8. The topological polar surface area (TPSA) is 90.2 Å². The lowest BCUT2D eigenvalue weighted by Crippen LogP contribution is -2.45. The second kappa shape index (κ2) is 9.66. The Morgan fingerprint density at radius 2 is 0.947 bits per heavy atom. The van der Waals surface area contributed by atoms with Crippen molar-refractivity contribution in [3.8, 4) is 0 Å². The molecular formula is C14H30O5. The molecule has 6 unspecified atom stereocenters. The molecule has 5 nitrogen and oxygen atoms in total. The Bertz CT molecular complexity index is 202. The Labute approximate surface area is 116 Å². The van der Waals surface area contributed by atoms with Crippen LogP contribution in [0, 0.1) is 0 Å². The number of rotatable bonds is 10. The summed E-state index contributed by atoms with van der Waals surface area (Å²) >= 11 is 0. The minimum absolute atomic E-state index is 0.442. The highest BCUT2D eigenvalue weighted by molar-refractivity contribution is 4.80. The maximum absolute atomic E-state index is 9.98. The van der Waals surface area contributed by atoms with Gasteiger partial charge in [-0.25, -0.2) is 0 Å². The third-order valence-electron chi connectivity index (χ3n) is 3.54. The van der Waals surface area contributed by atoms with E-state index in [-0.39, 0.29) is 0 Å². The van der Waals surface area contributed by atoms with Crippen LogP contribution < -0.4 is 0 Å². The van der Waals surface area contributed by atoms with E-state index >= 15 is 0 Å². The minimum Gasteiger partial charge on any atom is -0.390 e. The van der Waals surface area contributed by atoms with Gasteiger partial charge in [-0.15, -0.1) is 0 Å². The fourth-order valence-electron chi connectivity index (χ4n) is 2.04. The monoisotopic (exact) mass is 278 g/mol. The molecule has 0 radical (unpaired) electrons. The van der Waals surface area contributed by atoms with Crippen LogP contribution in [0.5, 0.6) is 0 Å². The predicted molar refractivity (Wildman–Crippen MR) is 73.9 cm³/mol. The van der Waals surface area contributed by atoms with Crippen LogP contribution in [0.4, 0.5) is 0 Å². The van der Waals surface area contributed by atoms with Gasteiger partial charge < -0.3 is 25.2 Å². The van der Waals surface area contributed by atoms with Crippen LogP contribution in [0.25, 0.3) is 0 Å². The second-order valence-corrected chi connectivity index (χ2v) is 4.96. The van der Waals surface area contributed by atoms with Gasteiger partial charge in [-0.1, -0.05) is 27.7 Å². The first-order chi connectivity index (χ1) is 8.92. The molecule has 0 aliphatic rings. The zero-order valence-electron chi connectivity index (χ0n) is 12.5. The summed E-state index contributed by atoms with van der Waals surface area (Å²) in [6, 6.07) is 0. The van der Waals surface area contributed by atoms with Crippen LogP contribution in [0.2, 0.25) is 0 Å². The quantitative estimate of drug-likeness (QED) is 0.475. The number of ether oxygens (including phenoxy) is 1. The number of hydrogen-bond donors (Lipinski definition) is 4. The molecular weight excluding hydrogens is 248 g/mol. The van der Waals surface area contributed by atoms with E-state index in [4.69, 9.17) is 4.74 Å². The van der Waals surface area contributed by atoms with Crippen LogP contribution in [0.15, 0.2) is 0 Å². The summed E-state index contributed by atoms with van der Waals surface area (Å²) in [5, 5.41) is 39.3. The highest BCUT2D eigenvalue weighted by Crippen LogP contribution is 2.18. The Balaban J connectivity index is 4.64. The normalized spacial score (nSPS) is 21.5. The summed E-state index contributed by atoms with van der Waals surface area (Å²) in [6.45, 7) is 7.28. The SMILES string of the molecule is CCC(O)C(O)C(CC)OC(CC)C(O)C(O)CC. The molecule has 0 aromatic carbocycles. The molecule has 0 aromatic heterocycles. The van der Waals surface area contributed by atoms with E-state index in [1.807, 2.05) is 13.8 Å². The molecule has 0 bridgehead atoms. The summed E-state index contributed by atoms with van der Waals surface area (Å²) in [4.78, 5) is 0. The molecule has 0 fully saturated rings. The maximum atomic E-state index is 9.98. The van der Waals surface area contributed by atoms with E-state index in [0.29, 0.717) is 25.7 Å². The molecule has 0 heterocycles. The molecule has 0 saturated carbocycles. The zero-order chi connectivity index (χ0) is 15.0. The summed E-state index contributed by atoms with van der Waals surface area (Å²) < 4.78 is 5.70. The third-order valence-corrected chi connectivity index (χ3v) is 3.54. The fraction of sp³-hybridized carbons (Fsp3) is 1.00. The van der Waals surface area contributed by atoms with Crippen molar-refractivity contribution in [3.05, 3.63) is 0 Å². The Hall–Kier alpha value is -0.200. The average molecular weight is 278 g/mol. The van der Waals surface area contributed by atoms with Gasteiger partial charge in [0.2, 0.25) is 0 Å². The lowest BCUT2D eigenvalue weighted by atomic mass is 10.0. The van der Waals surface area contributed by atoms with Crippen molar-refractivity contribution in [2.75, 3.05) is 0 Å². The third kappa shape index (κ3) is 5.75. The molecule has 19 heavy (non-hydrogen) atoms. The lowest BCUT2D eigenvalue weighted by Gasteiger charge is -2.32. The van der Waals surface area contributed by atoms with E-state index in [1.165, 1.54) is 0 Å². The Morgan fingerprint density at radius 1 is 0.632 bits per heavy atom. The summed E-state index contributed by atoms with van der Waals surface area (Å²) in [5.41, 5.74) is 0. The maximum Gasteiger partial charge on any atom is 0.106 e. The van der Waals surface area contributed by atoms with Crippen molar-refractivity contribution in [2.45, 2.75) is 90.0 Å². The zero-order valence-corrected chi connectivity index (χ0v) is 12.5. The van der Waals surface area contributed by atoms with E-state index in [9.17, 15) is 20.4 Å². The highest BCUT2D eigenvalue weighted by atomic mass is 16.5. The smallest absolute Gasteiger partial charge is 0.106 e. The molecule has 0 aliphatic heterocycles. The molecule has 0 spiro atoms. The fourth-order valence-corrected chi connectivity index (χ4v) is 2.04. The van der Waals surface area contributed by atoms with Crippen molar-refractivity contribution in [1.82, 2.24) is 0 Å². The van der Waals surface area contributed by atoms with Gasteiger partial charge >= 0.3 is 0 Å². The first-order valence-corrected chi connectivity index (χ1v) is 7.30. The van der Waals surface area contributed by atoms with Gasteiger partial charge in [0.25, 0.3) is 0 Å². The van der Waals surface area contributed by atoms with Gasteiger partial charge in [-0.2, -0.15) is 0 Å². The molecule has 0 aliphatic carbocycles. The lowest BCUT2D eigenvalue weighted by molar-refractivity contribution is -0.159. The standard InChI is InChI=1S/C14H30O5/c1-5-9(15)13(17)11(7-3)19-12(8-4)14(18)10(16)6-2/h9-18H,5-8H2,1-4H3. The van der Waals surface area contributed by atoms with Gasteiger partial charge in [0.1, 0.15) is 12.2 Å². The van der Waals surface area contributed by atoms with Crippen LogP contribution in [0.1, 0.15) is 53.4 Å². The van der Waals surface area contributed by atoms with E-state index in [1.54, 1.807) is 13.8 Å². The number of aliphatic hydroxyl groups excluding tert-OH is 4. The predicted octanol–water partition coefficient (Wildman–Crippen LogP) is 0.824. The van der Waals surface area contributed by atoms with Crippen molar-refractivity contribution in [2.24, 2.45) is 0 Å². The van der Waals surface area contributed by atoms with E-state index in [2.05, 4.69) is 0 Å². The first-order valence-electron chi connectivity index (χ1n) is 7.30. The van der Waals surface area contributed by atoms with Crippen molar-refractivity contribution >= 4 is 0 Å². The average Bonchev–Trinajstić information content (AvgIpc) is 2.45. The van der Waals surface area contributed by atoms with Crippen LogP contribution in [0.3, 0.4) is 0 Å². The molecule has 0 aromatic rings.